The van der Waals surface area contributed by atoms with Gasteiger partial charge < -0.3 is 15.1 Å². The number of benzene rings is 1. The van der Waals surface area contributed by atoms with Crippen molar-refractivity contribution in [2.24, 2.45) is 0 Å². The van der Waals surface area contributed by atoms with Crippen LogP contribution in [0.15, 0.2) is 29.2 Å². The van der Waals surface area contributed by atoms with Crippen LogP contribution >= 0.6 is 0 Å². The lowest BCUT2D eigenvalue weighted by atomic mass is 10.0. The highest BCUT2D eigenvalue weighted by Crippen LogP contribution is 2.28. The van der Waals surface area contributed by atoms with E-state index in [4.69, 9.17) is 0 Å². The van der Waals surface area contributed by atoms with Crippen molar-refractivity contribution in [3.05, 3.63) is 35.7 Å². The van der Waals surface area contributed by atoms with E-state index < -0.39 is 10.0 Å². The third-order valence-electron chi connectivity index (χ3n) is 5.44. The van der Waals surface area contributed by atoms with Crippen molar-refractivity contribution in [2.45, 2.75) is 24.7 Å². The minimum absolute atomic E-state index is 0.0355. The second-order valence-corrected chi connectivity index (χ2v) is 9.72. The maximum atomic E-state index is 13.2. The number of anilines is 3. The zero-order valence-corrected chi connectivity index (χ0v) is 18.2. The summed E-state index contributed by atoms with van der Waals surface area (Å²) >= 11 is 0. The summed E-state index contributed by atoms with van der Waals surface area (Å²) in [5, 5.41) is 2.79. The molecule has 0 radical (unpaired) electrons. The average molecular weight is 431 g/mol. The van der Waals surface area contributed by atoms with Gasteiger partial charge in [0.15, 0.2) is 0 Å². The molecule has 2 aliphatic heterocycles. The number of hydrogen-bond acceptors (Lipinski definition) is 7. The molecule has 2 aliphatic rings. The lowest BCUT2D eigenvalue weighted by Gasteiger charge is -2.35. The van der Waals surface area contributed by atoms with Crippen LogP contribution in [0, 0.1) is 6.92 Å². The van der Waals surface area contributed by atoms with Crippen LogP contribution in [0.1, 0.15) is 17.8 Å². The normalized spacial score (nSPS) is 17.4. The highest BCUT2D eigenvalue weighted by atomic mass is 32.2. The first-order valence-corrected chi connectivity index (χ1v) is 11.4. The molecule has 1 N–H and O–H groups in total. The predicted octanol–water partition coefficient (Wildman–Crippen LogP) is 1.25. The molecule has 2 aromatic rings. The molecule has 1 aromatic carbocycles. The molecule has 0 saturated carbocycles. The fourth-order valence-corrected chi connectivity index (χ4v) is 5.23. The van der Waals surface area contributed by atoms with Crippen LogP contribution in [0.2, 0.25) is 0 Å². The third-order valence-corrected chi connectivity index (χ3v) is 7.34. The Bertz CT molecular complexity index is 1080. The van der Waals surface area contributed by atoms with Crippen LogP contribution in [-0.2, 0) is 21.2 Å². The van der Waals surface area contributed by atoms with Crippen LogP contribution in [0.25, 0.3) is 0 Å². The van der Waals surface area contributed by atoms with Gasteiger partial charge in [0.25, 0.3) is 0 Å². The van der Waals surface area contributed by atoms with Gasteiger partial charge in [0.05, 0.1) is 4.90 Å². The van der Waals surface area contributed by atoms with Crippen LogP contribution in [-0.4, -0.2) is 68.9 Å². The molecular weight excluding hydrogens is 404 g/mol. The summed E-state index contributed by atoms with van der Waals surface area (Å²) in [5.41, 5.74) is 1.56. The number of nitrogens with zero attached hydrogens (tertiary/aromatic N) is 5. The summed E-state index contributed by atoms with van der Waals surface area (Å²) < 4.78 is 27.9. The Hall–Kier alpha value is -2.72. The van der Waals surface area contributed by atoms with Crippen molar-refractivity contribution in [3.8, 4) is 0 Å². The van der Waals surface area contributed by atoms with Gasteiger partial charge in [-0.1, -0.05) is 0 Å². The van der Waals surface area contributed by atoms with Gasteiger partial charge in [-0.25, -0.2) is 18.4 Å². The Balaban J connectivity index is 1.49. The van der Waals surface area contributed by atoms with Gasteiger partial charge in [0, 0.05) is 58.4 Å². The fourth-order valence-electron chi connectivity index (χ4n) is 3.75. The minimum atomic E-state index is -3.59. The second kappa shape index (κ2) is 7.84. The minimum Gasteiger partial charge on any atom is -0.363 e. The molecule has 9 nitrogen and oxygen atoms in total. The van der Waals surface area contributed by atoms with Gasteiger partial charge in [-0.2, -0.15) is 4.31 Å². The van der Waals surface area contributed by atoms with Gasteiger partial charge in [0.1, 0.15) is 17.5 Å². The molecule has 3 heterocycles. The van der Waals surface area contributed by atoms with Crippen LogP contribution in [0.5, 0.6) is 0 Å². The zero-order valence-electron chi connectivity index (χ0n) is 17.4. The number of amides is 1. The molecule has 30 heavy (non-hydrogen) atoms. The second-order valence-electron chi connectivity index (χ2n) is 7.78. The molecular formula is C20H26N6O3S. The first-order chi connectivity index (χ1) is 14.2. The van der Waals surface area contributed by atoms with Gasteiger partial charge >= 0.3 is 0 Å². The van der Waals surface area contributed by atoms with Crippen molar-refractivity contribution >= 4 is 33.3 Å². The van der Waals surface area contributed by atoms with Crippen molar-refractivity contribution in [1.82, 2.24) is 14.3 Å². The molecule has 160 valence electrons. The van der Waals surface area contributed by atoms with E-state index in [1.807, 2.05) is 32.0 Å². The van der Waals surface area contributed by atoms with Crippen molar-refractivity contribution in [2.75, 3.05) is 55.4 Å². The molecule has 0 unspecified atom stereocenters. The first kappa shape index (κ1) is 20.5. The van der Waals surface area contributed by atoms with E-state index in [2.05, 4.69) is 20.2 Å². The third kappa shape index (κ3) is 3.97. The molecule has 0 spiro atoms. The largest absolute Gasteiger partial charge is 0.363 e. The van der Waals surface area contributed by atoms with Gasteiger partial charge in [-0.15, -0.1) is 0 Å². The van der Waals surface area contributed by atoms with E-state index in [9.17, 15) is 13.2 Å². The summed E-state index contributed by atoms with van der Waals surface area (Å²) in [4.78, 5) is 24.8. The smallest absolute Gasteiger partial charge is 0.243 e. The number of fused-ring (bicyclic) bond motifs is 1. The number of piperazine rings is 1. The van der Waals surface area contributed by atoms with E-state index in [0.29, 0.717) is 50.5 Å². The predicted molar refractivity (Wildman–Crippen MR) is 115 cm³/mol. The first-order valence-electron chi connectivity index (χ1n) is 9.95. The number of nitrogens with one attached hydrogen (secondary N) is 1. The molecule has 1 fully saturated rings. The van der Waals surface area contributed by atoms with Crippen molar-refractivity contribution < 1.29 is 13.2 Å². The number of sulfonamides is 1. The summed E-state index contributed by atoms with van der Waals surface area (Å²) in [5.74, 6) is 2.29. The maximum Gasteiger partial charge on any atom is 0.243 e. The molecule has 4 rings (SSSR count). The number of aromatic nitrogens is 2. The van der Waals surface area contributed by atoms with Crippen LogP contribution < -0.4 is 15.1 Å². The monoisotopic (exact) mass is 430 g/mol. The van der Waals surface area contributed by atoms with E-state index in [1.165, 1.54) is 4.31 Å². The summed E-state index contributed by atoms with van der Waals surface area (Å²) in [6.45, 7) is 3.75. The molecule has 1 saturated heterocycles. The Morgan fingerprint density at radius 3 is 2.47 bits per heavy atom. The standard InChI is InChI=1S/C20H26N6O3S/c1-14-21-18(24(2)3)13-19(22-14)25-8-10-26(11-9-25)30(28,29)16-5-6-17-15(12-16)4-7-20(27)23-17/h5-6,12-13H,4,7-11H2,1-3H3,(H,23,27). The van der Waals surface area contributed by atoms with E-state index in [1.54, 1.807) is 18.2 Å². The fraction of sp³-hybridized carbons (Fsp3) is 0.450. The molecule has 1 aromatic heterocycles. The topological polar surface area (TPSA) is 98.7 Å². The highest BCUT2D eigenvalue weighted by Gasteiger charge is 2.30. The Kier molecular flexibility index (Phi) is 5.37. The number of aryl methyl sites for hydroxylation is 2. The van der Waals surface area contributed by atoms with E-state index >= 15 is 0 Å². The number of rotatable bonds is 4. The number of carbonyl (C=O) groups excluding carboxylic acids is 1. The van der Waals surface area contributed by atoms with Crippen molar-refractivity contribution in [3.63, 3.8) is 0 Å². The molecule has 0 bridgehead atoms. The van der Waals surface area contributed by atoms with Gasteiger partial charge in [0.2, 0.25) is 15.9 Å². The lowest BCUT2D eigenvalue weighted by Crippen LogP contribution is -2.49. The van der Waals surface area contributed by atoms with E-state index in [-0.39, 0.29) is 10.8 Å². The van der Waals surface area contributed by atoms with Crippen molar-refractivity contribution in [1.29, 1.82) is 0 Å². The summed E-state index contributed by atoms with van der Waals surface area (Å²) in [7, 11) is 0.270. The van der Waals surface area contributed by atoms with Crippen LogP contribution in [0.3, 0.4) is 0 Å². The maximum absolute atomic E-state index is 13.2. The molecule has 1 amide bonds. The Labute approximate surface area is 176 Å². The average Bonchev–Trinajstić information content (AvgIpc) is 2.73. The van der Waals surface area contributed by atoms with Gasteiger partial charge in [-0.3, -0.25) is 4.79 Å². The Morgan fingerprint density at radius 2 is 1.77 bits per heavy atom. The van der Waals surface area contributed by atoms with E-state index in [0.717, 1.165) is 17.2 Å². The van der Waals surface area contributed by atoms with Crippen LogP contribution in [0.4, 0.5) is 17.3 Å². The molecule has 10 heteroatoms. The summed E-state index contributed by atoms with van der Waals surface area (Å²) in [6.07, 6.45) is 0.933. The molecule has 0 atom stereocenters. The quantitative estimate of drug-likeness (QED) is 0.779. The number of hydrogen-bond donors (Lipinski definition) is 1. The number of carbonyl (C=O) groups is 1. The summed E-state index contributed by atoms with van der Waals surface area (Å²) in [6, 6.07) is 6.87. The zero-order chi connectivity index (χ0) is 21.5. The molecule has 0 aliphatic carbocycles. The Morgan fingerprint density at radius 1 is 1.03 bits per heavy atom. The SMILES string of the molecule is Cc1nc(N(C)C)cc(N2CCN(S(=O)(=O)c3ccc4c(c3)CCC(=O)N4)CC2)n1. The highest BCUT2D eigenvalue weighted by molar-refractivity contribution is 7.89. The lowest BCUT2D eigenvalue weighted by molar-refractivity contribution is -0.116. The van der Waals surface area contributed by atoms with Gasteiger partial charge in [-0.05, 0) is 37.1 Å².